The van der Waals surface area contributed by atoms with Crippen LogP contribution in [0.3, 0.4) is 0 Å². The minimum Gasteiger partial charge on any atom is -0.462 e. The molecule has 0 heterocycles. The molecule has 7 heteroatoms. The summed E-state index contributed by atoms with van der Waals surface area (Å²) in [7, 11) is 0. The van der Waals surface area contributed by atoms with Gasteiger partial charge in [0.15, 0.2) is 0 Å². The molecule has 3 rings (SSSR count). The fraction of sp³-hybridized carbons (Fsp3) is 0.379. The van der Waals surface area contributed by atoms with Gasteiger partial charge >= 0.3 is 11.9 Å². The third-order valence-electron chi connectivity index (χ3n) is 6.21. The number of ether oxygens (including phenoxy) is 3. The number of allylic oxidation sites excluding steroid dienone is 1. The molecular formula is C29H36N2O5. The van der Waals surface area contributed by atoms with E-state index in [2.05, 4.69) is 6.58 Å². The molecule has 192 valence electrons. The van der Waals surface area contributed by atoms with Crippen molar-refractivity contribution in [1.82, 2.24) is 0 Å². The molecule has 2 aromatic carbocycles. The molecule has 36 heavy (non-hydrogen) atoms. The average Bonchev–Trinajstić information content (AvgIpc) is 2.88. The number of hydrogen-bond acceptors (Lipinski definition) is 7. The minimum atomic E-state index is -0.445. The van der Waals surface area contributed by atoms with Crippen molar-refractivity contribution in [2.45, 2.75) is 51.0 Å². The van der Waals surface area contributed by atoms with Crippen LogP contribution in [0.4, 0.5) is 11.4 Å². The van der Waals surface area contributed by atoms with Crippen molar-refractivity contribution in [3.8, 4) is 5.75 Å². The van der Waals surface area contributed by atoms with Gasteiger partial charge in [0.05, 0.1) is 18.6 Å². The summed E-state index contributed by atoms with van der Waals surface area (Å²) in [4.78, 5) is 24.6. The summed E-state index contributed by atoms with van der Waals surface area (Å²) in [6, 6.07) is 12.3. The lowest BCUT2D eigenvalue weighted by Gasteiger charge is -2.27. The van der Waals surface area contributed by atoms with Gasteiger partial charge < -0.3 is 25.7 Å². The molecule has 7 nitrogen and oxygen atoms in total. The predicted molar refractivity (Wildman–Crippen MR) is 142 cm³/mol. The first-order chi connectivity index (χ1) is 17.4. The minimum absolute atomic E-state index is 0.101. The van der Waals surface area contributed by atoms with E-state index < -0.39 is 5.97 Å². The Hall–Kier alpha value is -3.58. The van der Waals surface area contributed by atoms with Gasteiger partial charge in [0.1, 0.15) is 5.75 Å². The summed E-state index contributed by atoms with van der Waals surface area (Å²) in [6.45, 7) is 4.67. The quantitative estimate of drug-likeness (QED) is 0.106. The molecule has 0 saturated heterocycles. The van der Waals surface area contributed by atoms with Gasteiger partial charge in [0.2, 0.25) is 0 Å². The van der Waals surface area contributed by atoms with Gasteiger partial charge in [-0.2, -0.15) is 0 Å². The zero-order chi connectivity index (χ0) is 25.8. The van der Waals surface area contributed by atoms with Gasteiger partial charge in [-0.1, -0.05) is 24.3 Å². The molecule has 0 bridgehead atoms. The number of benzene rings is 2. The Morgan fingerprint density at radius 3 is 2.44 bits per heavy atom. The van der Waals surface area contributed by atoms with Crippen LogP contribution in [-0.2, 0) is 25.5 Å². The summed E-state index contributed by atoms with van der Waals surface area (Å²) < 4.78 is 16.7. The van der Waals surface area contributed by atoms with Gasteiger partial charge in [-0.25, -0.2) is 4.79 Å². The lowest BCUT2D eigenvalue weighted by molar-refractivity contribution is -0.141. The molecule has 0 unspecified atom stereocenters. The van der Waals surface area contributed by atoms with Crippen molar-refractivity contribution in [2.24, 2.45) is 5.92 Å². The van der Waals surface area contributed by atoms with Crippen LogP contribution in [0.25, 0.3) is 6.08 Å². The molecule has 0 radical (unpaired) electrons. The molecule has 1 saturated carbocycles. The van der Waals surface area contributed by atoms with E-state index in [1.54, 1.807) is 42.5 Å². The highest BCUT2D eigenvalue weighted by Crippen LogP contribution is 2.28. The Morgan fingerprint density at radius 1 is 1.00 bits per heavy atom. The Kier molecular flexibility index (Phi) is 10.6. The summed E-state index contributed by atoms with van der Waals surface area (Å²) in [6.07, 6.45) is 10.9. The standard InChI is InChI=1S/C29H36N2O5/c1-2-3-4-18-34-25-14-9-23(10-15-25)29(33)36-26-12-5-21(6-13-26)7-16-28(32)35-19-17-22-8-11-24(30)20-27(22)31/h2,5-8,11-13,16,20,23,25H,1,3-4,9-10,14-15,17-19,30-31H2/b16-7+. The predicted octanol–water partition coefficient (Wildman–Crippen LogP) is 5.10. The maximum Gasteiger partial charge on any atom is 0.330 e. The molecule has 2 aromatic rings. The van der Waals surface area contributed by atoms with E-state index in [-0.39, 0.29) is 24.6 Å². The number of carbonyl (C=O) groups excluding carboxylic acids is 2. The summed E-state index contributed by atoms with van der Waals surface area (Å²) in [5.74, 6) is -0.256. The summed E-state index contributed by atoms with van der Waals surface area (Å²) in [5.41, 5.74) is 14.5. The SMILES string of the molecule is C=CCCCOC1CCC(C(=O)Oc2ccc(/C=C/C(=O)OCCc3ccc(N)cc3N)cc2)CC1. The van der Waals surface area contributed by atoms with E-state index in [9.17, 15) is 9.59 Å². The van der Waals surface area contributed by atoms with Crippen molar-refractivity contribution in [3.63, 3.8) is 0 Å². The van der Waals surface area contributed by atoms with Crippen LogP contribution in [0, 0.1) is 5.92 Å². The van der Waals surface area contributed by atoms with Crippen LogP contribution < -0.4 is 16.2 Å². The third-order valence-corrected chi connectivity index (χ3v) is 6.21. The molecule has 4 N–H and O–H groups in total. The Bertz CT molecular complexity index is 1040. The van der Waals surface area contributed by atoms with E-state index in [0.717, 1.165) is 56.3 Å². The number of rotatable bonds is 12. The lowest BCUT2D eigenvalue weighted by atomic mass is 9.87. The highest BCUT2D eigenvalue weighted by atomic mass is 16.5. The van der Waals surface area contributed by atoms with Gasteiger partial charge in [0, 0.05) is 30.5 Å². The first kappa shape index (κ1) is 27.0. The molecule has 1 fully saturated rings. The smallest absolute Gasteiger partial charge is 0.330 e. The van der Waals surface area contributed by atoms with Crippen molar-refractivity contribution in [3.05, 3.63) is 72.3 Å². The number of carbonyl (C=O) groups is 2. The number of hydrogen-bond donors (Lipinski definition) is 2. The van der Waals surface area contributed by atoms with Crippen molar-refractivity contribution >= 4 is 29.4 Å². The van der Waals surface area contributed by atoms with Crippen LogP contribution in [0.5, 0.6) is 5.75 Å². The van der Waals surface area contributed by atoms with Crippen LogP contribution >= 0.6 is 0 Å². The van der Waals surface area contributed by atoms with Crippen LogP contribution in [-0.4, -0.2) is 31.3 Å². The van der Waals surface area contributed by atoms with Crippen molar-refractivity contribution in [1.29, 1.82) is 0 Å². The number of anilines is 2. The van der Waals surface area contributed by atoms with Crippen molar-refractivity contribution < 1.29 is 23.8 Å². The number of nitrogens with two attached hydrogens (primary N) is 2. The van der Waals surface area contributed by atoms with E-state index in [4.69, 9.17) is 25.7 Å². The number of esters is 2. The monoisotopic (exact) mass is 492 g/mol. The summed E-state index contributed by atoms with van der Waals surface area (Å²) in [5, 5.41) is 0. The molecule has 0 spiro atoms. The third kappa shape index (κ3) is 8.89. The number of unbranched alkanes of at least 4 members (excludes halogenated alkanes) is 1. The van der Waals surface area contributed by atoms with Gasteiger partial charge in [0.25, 0.3) is 0 Å². The fourth-order valence-corrected chi connectivity index (χ4v) is 4.10. The van der Waals surface area contributed by atoms with E-state index in [1.807, 2.05) is 12.1 Å². The second-order valence-corrected chi connectivity index (χ2v) is 8.97. The van der Waals surface area contributed by atoms with Crippen LogP contribution in [0.15, 0.2) is 61.2 Å². The first-order valence-corrected chi connectivity index (χ1v) is 12.5. The topological polar surface area (TPSA) is 114 Å². The Morgan fingerprint density at radius 2 is 1.75 bits per heavy atom. The molecular weight excluding hydrogens is 456 g/mol. The molecule has 1 aliphatic carbocycles. The molecule has 0 atom stereocenters. The highest BCUT2D eigenvalue weighted by molar-refractivity contribution is 5.87. The summed E-state index contributed by atoms with van der Waals surface area (Å²) >= 11 is 0. The van der Waals surface area contributed by atoms with Gasteiger partial charge in [-0.3, -0.25) is 4.79 Å². The molecule has 0 aromatic heterocycles. The van der Waals surface area contributed by atoms with Crippen LogP contribution in [0.2, 0.25) is 0 Å². The van der Waals surface area contributed by atoms with E-state index >= 15 is 0 Å². The van der Waals surface area contributed by atoms with Crippen molar-refractivity contribution in [2.75, 3.05) is 24.7 Å². The first-order valence-electron chi connectivity index (χ1n) is 12.5. The maximum absolute atomic E-state index is 12.6. The van der Waals surface area contributed by atoms with Crippen LogP contribution in [0.1, 0.15) is 49.7 Å². The molecule has 0 aliphatic heterocycles. The van der Waals surface area contributed by atoms with E-state index in [1.165, 1.54) is 6.08 Å². The largest absolute Gasteiger partial charge is 0.462 e. The Labute approximate surface area is 213 Å². The lowest BCUT2D eigenvalue weighted by Crippen LogP contribution is -2.29. The molecule has 1 aliphatic rings. The normalized spacial score (nSPS) is 17.6. The zero-order valence-electron chi connectivity index (χ0n) is 20.7. The number of nitrogen functional groups attached to an aromatic ring is 2. The van der Waals surface area contributed by atoms with Gasteiger partial charge in [-0.15, -0.1) is 6.58 Å². The van der Waals surface area contributed by atoms with Gasteiger partial charge in [-0.05, 0) is 80.0 Å². The Balaban J connectivity index is 1.37. The van der Waals surface area contributed by atoms with E-state index in [0.29, 0.717) is 23.5 Å². The zero-order valence-corrected chi connectivity index (χ0v) is 20.7. The molecule has 0 amide bonds. The maximum atomic E-state index is 12.6. The second-order valence-electron chi connectivity index (χ2n) is 8.97. The highest BCUT2D eigenvalue weighted by Gasteiger charge is 2.28. The second kappa shape index (κ2) is 14.1. The fourth-order valence-electron chi connectivity index (χ4n) is 4.10. The average molecular weight is 493 g/mol.